The van der Waals surface area contributed by atoms with Gasteiger partial charge < -0.3 is 9.16 Å². The third kappa shape index (κ3) is 6.43. The van der Waals surface area contributed by atoms with Crippen LogP contribution < -0.4 is 0 Å². The Kier molecular flexibility index (Phi) is 6.15. The minimum Gasteiger partial charge on any atom is -0.400 e. The highest BCUT2D eigenvalue weighted by molar-refractivity contribution is 6.69. The first-order chi connectivity index (χ1) is 9.63. The zero-order valence-electron chi connectivity index (χ0n) is 14.0. The number of rotatable bonds is 6. The molecule has 1 aromatic rings. The van der Waals surface area contributed by atoms with Gasteiger partial charge in [-0.15, -0.1) is 0 Å². The van der Waals surface area contributed by atoms with E-state index in [1.807, 2.05) is 30.3 Å². The second-order valence-corrected chi connectivity index (χ2v) is 11.8. The van der Waals surface area contributed by atoms with Crippen LogP contribution in [-0.2, 0) is 15.8 Å². The zero-order valence-corrected chi connectivity index (χ0v) is 15.0. The SMILES string of the molecule is CC(C)(C)[C@@H](OCc1ccccc1)[C@H](C#N)O[Si](C)(C)C. The van der Waals surface area contributed by atoms with Gasteiger partial charge in [0.2, 0.25) is 0 Å². The molecule has 2 atom stereocenters. The minimum atomic E-state index is -1.79. The van der Waals surface area contributed by atoms with Crippen molar-refractivity contribution < 1.29 is 9.16 Å². The van der Waals surface area contributed by atoms with E-state index in [9.17, 15) is 5.26 Å². The molecule has 0 amide bonds. The molecule has 0 aromatic heterocycles. The molecule has 0 spiro atoms. The monoisotopic (exact) mass is 305 g/mol. The summed E-state index contributed by atoms with van der Waals surface area (Å²) in [5.41, 5.74) is 0.950. The number of hydrogen-bond acceptors (Lipinski definition) is 3. The van der Waals surface area contributed by atoms with Gasteiger partial charge in [0.1, 0.15) is 6.10 Å². The lowest BCUT2D eigenvalue weighted by atomic mass is 9.86. The fourth-order valence-electron chi connectivity index (χ4n) is 2.09. The van der Waals surface area contributed by atoms with Crippen molar-refractivity contribution in [2.45, 2.75) is 59.2 Å². The smallest absolute Gasteiger partial charge is 0.185 e. The summed E-state index contributed by atoms with van der Waals surface area (Å²) in [6.07, 6.45) is -0.783. The Morgan fingerprint density at radius 2 is 1.71 bits per heavy atom. The first-order valence-electron chi connectivity index (χ1n) is 7.36. The molecule has 4 heteroatoms. The number of benzene rings is 1. The third-order valence-corrected chi connectivity index (χ3v) is 3.97. The molecular weight excluding hydrogens is 278 g/mol. The fourth-order valence-corrected chi connectivity index (χ4v) is 3.03. The van der Waals surface area contributed by atoms with Crippen LogP contribution in [0.1, 0.15) is 26.3 Å². The average molecular weight is 305 g/mol. The maximum atomic E-state index is 9.49. The number of nitriles is 1. The fraction of sp³-hybridized carbons (Fsp3) is 0.588. The van der Waals surface area contributed by atoms with E-state index >= 15 is 0 Å². The maximum absolute atomic E-state index is 9.49. The minimum absolute atomic E-state index is 0.158. The van der Waals surface area contributed by atoms with Crippen molar-refractivity contribution in [1.29, 1.82) is 5.26 Å². The highest BCUT2D eigenvalue weighted by Gasteiger charge is 2.36. The molecule has 0 radical (unpaired) electrons. The highest BCUT2D eigenvalue weighted by Crippen LogP contribution is 2.29. The van der Waals surface area contributed by atoms with Gasteiger partial charge in [-0.05, 0) is 30.6 Å². The van der Waals surface area contributed by atoms with Crippen LogP contribution in [0.5, 0.6) is 0 Å². The summed E-state index contributed by atoms with van der Waals surface area (Å²) in [6.45, 7) is 13.0. The normalized spacial score (nSPS) is 15.3. The lowest BCUT2D eigenvalue weighted by Crippen LogP contribution is -2.45. The number of nitrogens with zero attached hydrogens (tertiary/aromatic N) is 1. The molecule has 0 aliphatic heterocycles. The molecule has 0 saturated carbocycles. The van der Waals surface area contributed by atoms with E-state index in [1.54, 1.807) is 0 Å². The van der Waals surface area contributed by atoms with Gasteiger partial charge >= 0.3 is 0 Å². The summed E-state index contributed by atoms with van der Waals surface area (Å²) in [6, 6.07) is 12.3. The summed E-state index contributed by atoms with van der Waals surface area (Å²) >= 11 is 0. The second-order valence-electron chi connectivity index (χ2n) is 7.36. The van der Waals surface area contributed by atoms with Crippen molar-refractivity contribution in [2.75, 3.05) is 0 Å². The Morgan fingerprint density at radius 3 is 2.14 bits per heavy atom. The summed E-state index contributed by atoms with van der Waals surface area (Å²) in [4.78, 5) is 0. The third-order valence-electron chi connectivity index (χ3n) is 3.01. The molecule has 0 saturated heterocycles. The molecule has 116 valence electrons. The summed E-state index contributed by atoms with van der Waals surface area (Å²) in [5, 5.41) is 9.49. The van der Waals surface area contributed by atoms with Crippen molar-refractivity contribution >= 4 is 8.32 Å². The van der Waals surface area contributed by atoms with Crippen LogP contribution in [-0.4, -0.2) is 20.5 Å². The topological polar surface area (TPSA) is 42.2 Å². The average Bonchev–Trinajstić information content (AvgIpc) is 2.36. The Labute approximate surface area is 130 Å². The predicted molar refractivity (Wildman–Crippen MR) is 88.3 cm³/mol. The molecule has 0 heterocycles. The van der Waals surface area contributed by atoms with Crippen LogP contribution >= 0.6 is 0 Å². The largest absolute Gasteiger partial charge is 0.400 e. The molecule has 0 fully saturated rings. The Morgan fingerprint density at radius 1 is 1.14 bits per heavy atom. The van der Waals surface area contributed by atoms with E-state index in [0.29, 0.717) is 6.61 Å². The quantitative estimate of drug-likeness (QED) is 0.733. The molecule has 0 N–H and O–H groups in total. The van der Waals surface area contributed by atoms with Crippen LogP contribution in [0.15, 0.2) is 30.3 Å². The molecule has 0 unspecified atom stereocenters. The van der Waals surface area contributed by atoms with Gasteiger partial charge in [0.25, 0.3) is 0 Å². The number of hydrogen-bond donors (Lipinski definition) is 0. The van der Waals surface area contributed by atoms with Gasteiger partial charge in [0.15, 0.2) is 14.4 Å². The van der Waals surface area contributed by atoms with Crippen LogP contribution in [0.3, 0.4) is 0 Å². The molecule has 0 aliphatic rings. The van der Waals surface area contributed by atoms with Crippen LogP contribution in [0, 0.1) is 16.7 Å². The van der Waals surface area contributed by atoms with Crippen LogP contribution in [0.4, 0.5) is 0 Å². The maximum Gasteiger partial charge on any atom is 0.185 e. The van der Waals surface area contributed by atoms with Gasteiger partial charge in [0, 0.05) is 0 Å². The van der Waals surface area contributed by atoms with E-state index in [2.05, 4.69) is 46.5 Å². The van der Waals surface area contributed by atoms with E-state index in [-0.39, 0.29) is 11.5 Å². The molecule has 1 rings (SSSR count). The Bertz CT molecular complexity index is 468. The lowest BCUT2D eigenvalue weighted by molar-refractivity contribution is -0.0756. The molecule has 21 heavy (non-hydrogen) atoms. The molecule has 0 aliphatic carbocycles. The summed E-state index contributed by atoms with van der Waals surface area (Å²) < 4.78 is 12.1. The van der Waals surface area contributed by atoms with Gasteiger partial charge in [-0.25, -0.2) is 0 Å². The van der Waals surface area contributed by atoms with Gasteiger partial charge in [-0.2, -0.15) is 5.26 Å². The van der Waals surface area contributed by atoms with E-state index in [4.69, 9.17) is 9.16 Å². The molecule has 3 nitrogen and oxygen atoms in total. The molecular formula is C17H27NO2Si. The first-order valence-corrected chi connectivity index (χ1v) is 10.8. The Balaban J connectivity index is 2.83. The van der Waals surface area contributed by atoms with E-state index in [0.717, 1.165) is 5.56 Å². The van der Waals surface area contributed by atoms with Crippen molar-refractivity contribution in [3.63, 3.8) is 0 Å². The second kappa shape index (κ2) is 7.21. The predicted octanol–water partition coefficient (Wildman–Crippen LogP) is 4.36. The summed E-state index contributed by atoms with van der Waals surface area (Å²) in [5.74, 6) is 0. The van der Waals surface area contributed by atoms with Crippen LogP contribution in [0.2, 0.25) is 19.6 Å². The molecule has 0 bridgehead atoms. The number of ether oxygens (including phenoxy) is 1. The van der Waals surface area contributed by atoms with Crippen molar-refractivity contribution in [1.82, 2.24) is 0 Å². The highest BCUT2D eigenvalue weighted by atomic mass is 28.4. The van der Waals surface area contributed by atoms with Gasteiger partial charge in [-0.1, -0.05) is 51.1 Å². The van der Waals surface area contributed by atoms with Crippen molar-refractivity contribution in [2.24, 2.45) is 5.41 Å². The Hall–Kier alpha value is -1.15. The molecule has 1 aromatic carbocycles. The van der Waals surface area contributed by atoms with Crippen molar-refractivity contribution in [3.05, 3.63) is 35.9 Å². The van der Waals surface area contributed by atoms with Gasteiger partial charge in [0.05, 0.1) is 12.7 Å². The van der Waals surface area contributed by atoms with Crippen molar-refractivity contribution in [3.8, 4) is 6.07 Å². The van der Waals surface area contributed by atoms with Crippen LogP contribution in [0.25, 0.3) is 0 Å². The summed E-state index contributed by atoms with van der Waals surface area (Å²) in [7, 11) is -1.79. The lowest BCUT2D eigenvalue weighted by Gasteiger charge is -2.36. The first kappa shape index (κ1) is 17.9. The van der Waals surface area contributed by atoms with E-state index in [1.165, 1.54) is 0 Å². The zero-order chi connectivity index (χ0) is 16.1. The standard InChI is InChI=1S/C17H27NO2Si/c1-17(2,3)16(15(12-18)20-21(4,5)6)19-13-14-10-8-7-9-11-14/h7-11,15-16H,13H2,1-6H3/t15-,16-/m0/s1. The van der Waals surface area contributed by atoms with E-state index < -0.39 is 14.4 Å². The van der Waals surface area contributed by atoms with Gasteiger partial charge in [-0.3, -0.25) is 0 Å².